The lowest BCUT2D eigenvalue weighted by atomic mass is 9.82. The minimum absolute atomic E-state index is 0.0599. The molecule has 0 bridgehead atoms. The minimum Gasteiger partial charge on any atom is -0.455 e. The number of carbonyl (C=O) groups is 2. The monoisotopic (exact) mass is 373 g/mol. The first kappa shape index (κ1) is 20.6. The van der Waals surface area contributed by atoms with Crippen molar-refractivity contribution in [2.24, 2.45) is 5.41 Å². The Balaban J connectivity index is 1.94. The Morgan fingerprint density at radius 2 is 1.74 bits per heavy atom. The molecule has 7 nitrogen and oxygen atoms in total. The molecule has 2 N–H and O–H groups in total. The van der Waals surface area contributed by atoms with Gasteiger partial charge in [0.1, 0.15) is 0 Å². The quantitative estimate of drug-likeness (QED) is 0.757. The van der Waals surface area contributed by atoms with Gasteiger partial charge in [-0.05, 0) is 31.7 Å². The Morgan fingerprint density at radius 3 is 2.37 bits per heavy atom. The number of fused-ring (bicyclic) bond motifs is 1. The summed E-state index contributed by atoms with van der Waals surface area (Å²) in [6.45, 7) is 9.82. The van der Waals surface area contributed by atoms with Gasteiger partial charge in [0, 0.05) is 10.9 Å². The Kier molecular flexibility index (Phi) is 6.03. The van der Waals surface area contributed by atoms with Gasteiger partial charge in [0.05, 0.1) is 17.5 Å². The van der Waals surface area contributed by atoms with E-state index in [0.29, 0.717) is 16.5 Å². The number of benzene rings is 1. The molecule has 1 heterocycles. The molecule has 27 heavy (non-hydrogen) atoms. The van der Waals surface area contributed by atoms with Gasteiger partial charge in [-0.2, -0.15) is 5.10 Å². The fraction of sp³-hybridized carbons (Fsp3) is 0.500. The molecule has 2 rings (SSSR count). The zero-order valence-corrected chi connectivity index (χ0v) is 16.5. The summed E-state index contributed by atoms with van der Waals surface area (Å²) in [4.78, 5) is 36.0. The number of aromatic amines is 1. The lowest BCUT2D eigenvalue weighted by Crippen LogP contribution is -2.47. The van der Waals surface area contributed by atoms with Gasteiger partial charge in [0.15, 0.2) is 6.61 Å². The summed E-state index contributed by atoms with van der Waals surface area (Å²) >= 11 is 0. The smallest absolute Gasteiger partial charge is 0.312 e. The van der Waals surface area contributed by atoms with E-state index in [4.69, 9.17) is 4.74 Å². The highest BCUT2D eigenvalue weighted by Crippen LogP contribution is 2.26. The average Bonchev–Trinajstić information content (AvgIpc) is 2.53. The summed E-state index contributed by atoms with van der Waals surface area (Å²) < 4.78 is 5.08. The van der Waals surface area contributed by atoms with E-state index < -0.39 is 11.5 Å². The van der Waals surface area contributed by atoms with Crippen molar-refractivity contribution in [2.45, 2.75) is 53.0 Å². The van der Waals surface area contributed by atoms with E-state index in [-0.39, 0.29) is 29.9 Å². The number of rotatable bonds is 6. The highest BCUT2D eigenvalue weighted by Gasteiger charge is 2.27. The SMILES string of the molecule is CC(C)(C)CC(C)(C)NC(=O)COC(=O)Cc1n[nH]c(=O)c2ccccc12. The number of esters is 1. The molecule has 0 aliphatic heterocycles. The first-order valence-electron chi connectivity index (χ1n) is 8.90. The van der Waals surface area contributed by atoms with Gasteiger partial charge in [-0.1, -0.05) is 39.0 Å². The second-order valence-corrected chi connectivity index (χ2v) is 8.55. The third-order valence-electron chi connectivity index (χ3n) is 3.90. The first-order valence-corrected chi connectivity index (χ1v) is 8.90. The minimum atomic E-state index is -0.580. The molecule has 0 saturated heterocycles. The van der Waals surface area contributed by atoms with Crippen molar-refractivity contribution in [1.29, 1.82) is 0 Å². The summed E-state index contributed by atoms with van der Waals surface area (Å²) in [6, 6.07) is 6.89. The summed E-state index contributed by atoms with van der Waals surface area (Å²) in [5, 5.41) is 10.2. The molecule has 1 aromatic carbocycles. The van der Waals surface area contributed by atoms with Crippen LogP contribution in [0, 0.1) is 5.41 Å². The molecular weight excluding hydrogens is 346 g/mol. The van der Waals surface area contributed by atoms with Crippen LogP contribution in [0.1, 0.15) is 46.7 Å². The number of H-pyrrole nitrogens is 1. The van der Waals surface area contributed by atoms with Gasteiger partial charge in [0.2, 0.25) is 0 Å². The fourth-order valence-electron chi connectivity index (χ4n) is 3.42. The van der Waals surface area contributed by atoms with Crippen LogP contribution in [0.25, 0.3) is 10.8 Å². The molecule has 0 aliphatic carbocycles. The van der Waals surface area contributed by atoms with Crippen molar-refractivity contribution in [3.8, 4) is 0 Å². The molecule has 0 unspecified atom stereocenters. The van der Waals surface area contributed by atoms with Crippen molar-refractivity contribution in [3.63, 3.8) is 0 Å². The summed E-state index contributed by atoms with van der Waals surface area (Å²) in [5.41, 5.74) is -0.255. The van der Waals surface area contributed by atoms with Gasteiger partial charge in [-0.3, -0.25) is 14.4 Å². The highest BCUT2D eigenvalue weighted by molar-refractivity contribution is 5.87. The maximum Gasteiger partial charge on any atom is 0.312 e. The third-order valence-corrected chi connectivity index (χ3v) is 3.90. The molecule has 7 heteroatoms. The maximum atomic E-state index is 12.1. The summed E-state index contributed by atoms with van der Waals surface area (Å²) in [7, 11) is 0. The van der Waals surface area contributed by atoms with Crippen molar-refractivity contribution < 1.29 is 14.3 Å². The Morgan fingerprint density at radius 1 is 1.11 bits per heavy atom. The van der Waals surface area contributed by atoms with Crippen LogP contribution in [0.2, 0.25) is 0 Å². The predicted molar refractivity (Wildman–Crippen MR) is 103 cm³/mol. The molecule has 1 amide bonds. The van der Waals surface area contributed by atoms with Gasteiger partial charge >= 0.3 is 5.97 Å². The van der Waals surface area contributed by atoms with E-state index in [1.54, 1.807) is 24.3 Å². The fourth-order valence-corrected chi connectivity index (χ4v) is 3.42. The Bertz CT molecular complexity index is 894. The Hall–Kier alpha value is -2.70. The van der Waals surface area contributed by atoms with Crippen LogP contribution < -0.4 is 10.9 Å². The van der Waals surface area contributed by atoms with E-state index in [1.165, 1.54) is 0 Å². The normalized spacial score (nSPS) is 12.0. The standard InChI is InChI=1S/C20H27N3O4/c1-19(2,3)12-20(4,5)21-16(24)11-27-17(25)10-15-13-8-6-7-9-14(13)18(26)23-22-15/h6-9H,10-12H2,1-5H3,(H,21,24)(H,23,26). The second kappa shape index (κ2) is 7.90. The van der Waals surface area contributed by atoms with E-state index in [9.17, 15) is 14.4 Å². The van der Waals surface area contributed by atoms with Crippen LogP contribution in [-0.2, 0) is 20.7 Å². The Labute approximate surface area is 158 Å². The van der Waals surface area contributed by atoms with Crippen molar-refractivity contribution in [1.82, 2.24) is 15.5 Å². The number of amides is 1. The predicted octanol–water partition coefficient (Wildman–Crippen LogP) is 2.34. The van der Waals surface area contributed by atoms with Crippen molar-refractivity contribution in [2.75, 3.05) is 6.61 Å². The van der Waals surface area contributed by atoms with Crippen LogP contribution in [0.5, 0.6) is 0 Å². The molecule has 0 aliphatic rings. The van der Waals surface area contributed by atoms with Crippen molar-refractivity contribution >= 4 is 22.6 Å². The number of hydrogen-bond donors (Lipinski definition) is 2. The van der Waals surface area contributed by atoms with E-state index >= 15 is 0 Å². The molecular formula is C20H27N3O4. The van der Waals surface area contributed by atoms with Gasteiger partial charge in [-0.25, -0.2) is 5.10 Å². The number of aromatic nitrogens is 2. The third kappa shape index (κ3) is 6.20. The van der Waals surface area contributed by atoms with Gasteiger partial charge in [-0.15, -0.1) is 0 Å². The molecule has 146 valence electrons. The lowest BCUT2D eigenvalue weighted by Gasteiger charge is -2.33. The zero-order chi connectivity index (χ0) is 20.2. The van der Waals surface area contributed by atoms with Gasteiger partial charge in [0.25, 0.3) is 11.5 Å². The number of nitrogens with one attached hydrogen (secondary N) is 2. The maximum absolute atomic E-state index is 12.1. The van der Waals surface area contributed by atoms with Crippen LogP contribution in [0.3, 0.4) is 0 Å². The molecule has 0 atom stereocenters. The molecule has 0 fully saturated rings. The number of carbonyl (C=O) groups excluding carboxylic acids is 2. The van der Waals surface area contributed by atoms with Crippen LogP contribution in [0.15, 0.2) is 29.1 Å². The van der Waals surface area contributed by atoms with E-state index in [2.05, 4.69) is 36.3 Å². The van der Waals surface area contributed by atoms with Crippen LogP contribution in [0.4, 0.5) is 0 Å². The number of hydrogen-bond acceptors (Lipinski definition) is 5. The van der Waals surface area contributed by atoms with Crippen LogP contribution in [-0.4, -0.2) is 34.2 Å². The molecule has 0 saturated carbocycles. The van der Waals surface area contributed by atoms with Gasteiger partial charge < -0.3 is 10.1 Å². The molecule has 0 spiro atoms. The largest absolute Gasteiger partial charge is 0.455 e. The topological polar surface area (TPSA) is 101 Å². The molecule has 0 radical (unpaired) electrons. The summed E-state index contributed by atoms with van der Waals surface area (Å²) in [5.74, 6) is -0.930. The van der Waals surface area contributed by atoms with Crippen molar-refractivity contribution in [3.05, 3.63) is 40.3 Å². The van der Waals surface area contributed by atoms with Crippen LogP contribution >= 0.6 is 0 Å². The average molecular weight is 373 g/mol. The first-order chi connectivity index (χ1) is 12.5. The lowest BCUT2D eigenvalue weighted by molar-refractivity contribution is -0.148. The molecule has 2 aromatic rings. The number of nitrogens with zero attached hydrogens (tertiary/aromatic N) is 1. The zero-order valence-electron chi connectivity index (χ0n) is 16.5. The number of ether oxygens (including phenoxy) is 1. The molecule has 1 aromatic heterocycles. The van der Waals surface area contributed by atoms with E-state index in [1.807, 2.05) is 13.8 Å². The van der Waals surface area contributed by atoms with E-state index in [0.717, 1.165) is 6.42 Å². The second-order valence-electron chi connectivity index (χ2n) is 8.55. The highest BCUT2D eigenvalue weighted by atomic mass is 16.5. The summed E-state index contributed by atoms with van der Waals surface area (Å²) in [6.07, 6.45) is 0.656.